The molecule has 0 aromatic carbocycles. The van der Waals surface area contributed by atoms with Crippen molar-refractivity contribution >= 4 is 0 Å². The Bertz CT molecular complexity index is 261. The summed E-state index contributed by atoms with van der Waals surface area (Å²) in [5.41, 5.74) is 0. The molecule has 0 spiro atoms. The van der Waals surface area contributed by atoms with E-state index in [-0.39, 0.29) is 6.17 Å². The summed E-state index contributed by atoms with van der Waals surface area (Å²) in [5.74, 6) is 0. The highest BCUT2D eigenvalue weighted by Gasteiger charge is 2.41. The largest absolute Gasteiger partial charge is 0.305 e. The summed E-state index contributed by atoms with van der Waals surface area (Å²) < 4.78 is 0.845. The lowest BCUT2D eigenvalue weighted by molar-refractivity contribution is -0.929. The first-order valence-corrected chi connectivity index (χ1v) is 5.11. The maximum atomic E-state index is 8.83. The summed E-state index contributed by atoms with van der Waals surface area (Å²) in [6, 6.07) is 0. The molecule has 4 heteroatoms. The van der Waals surface area contributed by atoms with Gasteiger partial charge >= 0.3 is 0 Å². The van der Waals surface area contributed by atoms with Crippen molar-refractivity contribution in [1.82, 2.24) is 4.90 Å². The fraction of sp³-hybridized carbons (Fsp3) is 0.800. The Balaban J connectivity index is 2.78. The number of hydrogen-bond acceptors (Lipinski definition) is 3. The Kier molecular flexibility index (Phi) is 3.33. The fourth-order valence-corrected chi connectivity index (χ4v) is 2.43. The van der Waals surface area contributed by atoms with Gasteiger partial charge < -0.3 is 4.48 Å². The van der Waals surface area contributed by atoms with E-state index in [0.29, 0.717) is 0 Å². The number of nitrogens with zero attached hydrogens (tertiary/aromatic N) is 4. The molecule has 0 N–H and O–H groups in total. The first-order chi connectivity index (χ1) is 6.68. The molecule has 14 heavy (non-hydrogen) atoms. The van der Waals surface area contributed by atoms with E-state index in [1.165, 1.54) is 4.90 Å². The lowest BCUT2D eigenvalue weighted by Gasteiger charge is -2.36. The van der Waals surface area contributed by atoms with Crippen molar-refractivity contribution in [2.45, 2.75) is 32.4 Å². The van der Waals surface area contributed by atoms with Gasteiger partial charge in [0.05, 0.1) is 20.1 Å². The van der Waals surface area contributed by atoms with Crippen LogP contribution < -0.4 is 0 Å². The molecule has 1 saturated heterocycles. The second-order valence-electron chi connectivity index (χ2n) is 4.12. The van der Waals surface area contributed by atoms with Crippen LogP contribution in [0.4, 0.5) is 0 Å². The molecule has 1 aliphatic rings. The van der Waals surface area contributed by atoms with E-state index in [0.717, 1.165) is 36.8 Å². The Labute approximate surface area is 85.5 Å². The molecule has 0 saturated carbocycles. The van der Waals surface area contributed by atoms with Crippen molar-refractivity contribution in [2.24, 2.45) is 0 Å². The van der Waals surface area contributed by atoms with Crippen molar-refractivity contribution in [3.05, 3.63) is 0 Å². The highest BCUT2D eigenvalue weighted by Crippen LogP contribution is 2.27. The highest BCUT2D eigenvalue weighted by molar-refractivity contribution is 4.90. The summed E-state index contributed by atoms with van der Waals surface area (Å²) in [4.78, 5) is 1.25. The fourth-order valence-electron chi connectivity index (χ4n) is 2.43. The van der Waals surface area contributed by atoms with E-state index in [2.05, 4.69) is 14.0 Å². The number of rotatable bonds is 3. The Morgan fingerprint density at radius 1 is 1.43 bits per heavy atom. The van der Waals surface area contributed by atoms with Crippen LogP contribution in [-0.2, 0) is 0 Å². The van der Waals surface area contributed by atoms with Crippen molar-refractivity contribution in [3.8, 4) is 12.4 Å². The topological polar surface area (TPSA) is 50.8 Å². The zero-order valence-electron chi connectivity index (χ0n) is 8.90. The van der Waals surface area contributed by atoms with Gasteiger partial charge in [-0.25, -0.2) is 0 Å². The maximum absolute atomic E-state index is 8.83. The van der Waals surface area contributed by atoms with Gasteiger partial charge in [-0.1, -0.05) is 6.92 Å². The minimum atomic E-state index is 0.0740. The van der Waals surface area contributed by atoms with Gasteiger partial charge in [0.2, 0.25) is 0 Å². The van der Waals surface area contributed by atoms with Gasteiger partial charge in [-0.3, -0.25) is 0 Å². The Morgan fingerprint density at radius 3 is 2.57 bits per heavy atom. The third-order valence-corrected chi connectivity index (χ3v) is 3.10. The van der Waals surface area contributed by atoms with E-state index in [9.17, 15) is 0 Å². The molecular weight excluding hydrogens is 176 g/mol. The SMILES string of the molecule is CCC[N+]1(C)CCCC1N(C#N)C#N. The smallest absolute Gasteiger partial charge is 0.198 e. The molecule has 1 aliphatic heterocycles. The average molecular weight is 193 g/mol. The summed E-state index contributed by atoms with van der Waals surface area (Å²) >= 11 is 0. The summed E-state index contributed by atoms with van der Waals surface area (Å²) in [5, 5.41) is 17.7. The van der Waals surface area contributed by atoms with Crippen LogP contribution in [0.25, 0.3) is 0 Å². The molecule has 2 unspecified atom stereocenters. The second-order valence-corrected chi connectivity index (χ2v) is 4.12. The van der Waals surface area contributed by atoms with E-state index in [4.69, 9.17) is 10.5 Å². The van der Waals surface area contributed by atoms with Gasteiger partial charge in [0.1, 0.15) is 0 Å². The van der Waals surface area contributed by atoms with Crippen LogP contribution in [0.3, 0.4) is 0 Å². The zero-order chi connectivity index (χ0) is 10.6. The highest BCUT2D eigenvalue weighted by atomic mass is 15.5. The average Bonchev–Trinajstić information content (AvgIpc) is 2.51. The van der Waals surface area contributed by atoms with Gasteiger partial charge in [-0.2, -0.15) is 15.4 Å². The van der Waals surface area contributed by atoms with E-state index >= 15 is 0 Å². The van der Waals surface area contributed by atoms with Gasteiger partial charge in [0.25, 0.3) is 0 Å². The first kappa shape index (κ1) is 10.8. The van der Waals surface area contributed by atoms with Crippen LogP contribution in [0, 0.1) is 22.9 Å². The molecule has 2 atom stereocenters. The molecule has 0 amide bonds. The molecule has 0 aliphatic carbocycles. The van der Waals surface area contributed by atoms with Gasteiger partial charge in [0.15, 0.2) is 18.6 Å². The van der Waals surface area contributed by atoms with Crippen molar-refractivity contribution in [2.75, 3.05) is 20.1 Å². The minimum Gasteiger partial charge on any atom is -0.305 e. The molecule has 0 bridgehead atoms. The number of quaternary nitrogens is 1. The molecule has 1 heterocycles. The molecule has 0 radical (unpaired) electrons. The van der Waals surface area contributed by atoms with E-state index < -0.39 is 0 Å². The lowest BCUT2D eigenvalue weighted by Crippen LogP contribution is -2.54. The number of likely N-dealkylation sites (tertiary alicyclic amines) is 1. The second kappa shape index (κ2) is 4.30. The predicted molar refractivity (Wildman–Crippen MR) is 52.3 cm³/mol. The molecular formula is C10H17N4+. The molecule has 1 rings (SSSR count). The lowest BCUT2D eigenvalue weighted by atomic mass is 10.3. The van der Waals surface area contributed by atoms with Crippen LogP contribution in [0.5, 0.6) is 0 Å². The van der Waals surface area contributed by atoms with Crippen LogP contribution >= 0.6 is 0 Å². The van der Waals surface area contributed by atoms with Crippen LogP contribution in [-0.4, -0.2) is 35.7 Å². The minimum absolute atomic E-state index is 0.0740. The quantitative estimate of drug-likeness (QED) is 0.385. The summed E-state index contributed by atoms with van der Waals surface area (Å²) in [7, 11) is 2.14. The number of hydrogen-bond donors (Lipinski definition) is 0. The number of nitriles is 2. The summed E-state index contributed by atoms with van der Waals surface area (Å²) in [6.07, 6.45) is 7.16. The molecule has 4 nitrogen and oxygen atoms in total. The van der Waals surface area contributed by atoms with Gasteiger partial charge in [-0.15, -0.1) is 0 Å². The molecule has 0 aromatic rings. The first-order valence-electron chi connectivity index (χ1n) is 5.11. The third kappa shape index (κ3) is 1.81. The van der Waals surface area contributed by atoms with Crippen LogP contribution in [0.1, 0.15) is 26.2 Å². The van der Waals surface area contributed by atoms with Crippen LogP contribution in [0.2, 0.25) is 0 Å². The molecule has 0 aromatic heterocycles. The van der Waals surface area contributed by atoms with Crippen molar-refractivity contribution in [1.29, 1.82) is 10.5 Å². The molecule has 1 fully saturated rings. The normalized spacial score (nSPS) is 30.7. The Morgan fingerprint density at radius 2 is 2.07 bits per heavy atom. The zero-order valence-corrected chi connectivity index (χ0v) is 8.90. The van der Waals surface area contributed by atoms with Gasteiger partial charge in [0, 0.05) is 12.8 Å². The standard InChI is InChI=1S/C10H17N4/c1-3-6-14(2)7-4-5-10(14)13(8-11)9-12/h10H,3-7H2,1-2H3/q+1. The van der Waals surface area contributed by atoms with Gasteiger partial charge in [-0.05, 0) is 6.42 Å². The Hall–Kier alpha value is -1.26. The predicted octanol–water partition coefficient (Wildman–Crippen LogP) is 1.23. The monoisotopic (exact) mass is 193 g/mol. The van der Waals surface area contributed by atoms with Crippen molar-refractivity contribution in [3.63, 3.8) is 0 Å². The summed E-state index contributed by atoms with van der Waals surface area (Å²) in [6.45, 7) is 4.27. The maximum Gasteiger partial charge on any atom is 0.198 e. The molecule has 76 valence electrons. The van der Waals surface area contributed by atoms with E-state index in [1.807, 2.05) is 12.4 Å². The van der Waals surface area contributed by atoms with E-state index in [1.54, 1.807) is 0 Å². The third-order valence-electron chi connectivity index (χ3n) is 3.10. The van der Waals surface area contributed by atoms with Crippen molar-refractivity contribution < 1.29 is 4.48 Å². The van der Waals surface area contributed by atoms with Crippen LogP contribution in [0.15, 0.2) is 0 Å².